The molecular formula is C6H9IO4. The van der Waals surface area contributed by atoms with Gasteiger partial charge in [0.15, 0.2) is 0 Å². The molecule has 64 valence electrons. The molecule has 0 aliphatic heterocycles. The zero-order valence-corrected chi connectivity index (χ0v) is 7.71. The Labute approximate surface area is 77.3 Å². The molecule has 1 aliphatic carbocycles. The molecule has 0 bridgehead atoms. The molecule has 0 saturated heterocycles. The molecule has 1 aliphatic rings. The molecule has 4 N–H and O–H groups in total. The summed E-state index contributed by atoms with van der Waals surface area (Å²) in [6.45, 7) is 0. The van der Waals surface area contributed by atoms with Crippen molar-refractivity contribution in [1.29, 1.82) is 0 Å². The lowest BCUT2D eigenvalue weighted by Gasteiger charge is -2.29. The van der Waals surface area contributed by atoms with Crippen LogP contribution in [0.1, 0.15) is 0 Å². The van der Waals surface area contributed by atoms with Crippen LogP contribution in [0.5, 0.6) is 0 Å². The maximum absolute atomic E-state index is 9.14. The largest absolute Gasteiger partial charge is 0.387 e. The highest BCUT2D eigenvalue weighted by Crippen LogP contribution is 2.24. The van der Waals surface area contributed by atoms with Crippen molar-refractivity contribution in [2.24, 2.45) is 0 Å². The first kappa shape index (κ1) is 9.40. The van der Waals surface area contributed by atoms with Crippen LogP contribution in [0.2, 0.25) is 0 Å². The smallest absolute Gasteiger partial charge is 0.113 e. The fourth-order valence-electron chi connectivity index (χ4n) is 0.912. The maximum Gasteiger partial charge on any atom is 0.113 e. The Hall–Kier alpha value is 0.310. The van der Waals surface area contributed by atoms with E-state index in [4.69, 9.17) is 20.4 Å². The Bertz CT molecular complexity index is 181. The van der Waals surface area contributed by atoms with E-state index in [0.29, 0.717) is 3.58 Å². The minimum atomic E-state index is -1.29. The molecule has 5 heteroatoms. The monoisotopic (exact) mass is 272 g/mol. The normalized spacial score (nSPS) is 45.4. The van der Waals surface area contributed by atoms with E-state index in [-0.39, 0.29) is 0 Å². The van der Waals surface area contributed by atoms with Crippen LogP contribution >= 0.6 is 22.6 Å². The van der Waals surface area contributed by atoms with Gasteiger partial charge in [-0.25, -0.2) is 0 Å². The fraction of sp³-hybridized carbons (Fsp3) is 0.667. The van der Waals surface area contributed by atoms with Crippen LogP contribution in [-0.4, -0.2) is 44.8 Å². The van der Waals surface area contributed by atoms with E-state index < -0.39 is 24.4 Å². The second-order valence-electron chi connectivity index (χ2n) is 2.47. The van der Waals surface area contributed by atoms with Crippen molar-refractivity contribution in [3.05, 3.63) is 9.66 Å². The lowest BCUT2D eigenvalue weighted by Crippen LogP contribution is -2.47. The molecule has 0 heterocycles. The summed E-state index contributed by atoms with van der Waals surface area (Å²) < 4.78 is 0.452. The molecular weight excluding hydrogens is 263 g/mol. The lowest BCUT2D eigenvalue weighted by molar-refractivity contribution is -0.0890. The minimum absolute atomic E-state index is 0.452. The first-order valence-corrected chi connectivity index (χ1v) is 4.21. The van der Waals surface area contributed by atoms with Gasteiger partial charge in [-0.05, 0) is 28.7 Å². The highest BCUT2D eigenvalue weighted by Gasteiger charge is 2.35. The number of hydrogen-bond acceptors (Lipinski definition) is 4. The van der Waals surface area contributed by atoms with Crippen molar-refractivity contribution in [1.82, 2.24) is 0 Å². The first-order chi connectivity index (χ1) is 5.04. The summed E-state index contributed by atoms with van der Waals surface area (Å²) in [5.74, 6) is 0. The minimum Gasteiger partial charge on any atom is -0.387 e. The predicted octanol–water partition coefficient (Wildman–Crippen LogP) is -1.24. The fourth-order valence-corrected chi connectivity index (χ4v) is 1.65. The summed E-state index contributed by atoms with van der Waals surface area (Å²) in [5.41, 5.74) is 0. The van der Waals surface area contributed by atoms with E-state index in [2.05, 4.69) is 0 Å². The molecule has 0 aromatic heterocycles. The Kier molecular flexibility index (Phi) is 2.87. The highest BCUT2D eigenvalue weighted by atomic mass is 127. The zero-order chi connectivity index (χ0) is 8.59. The second kappa shape index (κ2) is 3.36. The number of hydrogen-bond donors (Lipinski definition) is 4. The summed E-state index contributed by atoms with van der Waals surface area (Å²) in [4.78, 5) is 0. The summed E-state index contributed by atoms with van der Waals surface area (Å²) in [6.07, 6.45) is -3.41. The van der Waals surface area contributed by atoms with Gasteiger partial charge < -0.3 is 20.4 Å². The van der Waals surface area contributed by atoms with Crippen LogP contribution in [0, 0.1) is 0 Å². The van der Waals surface area contributed by atoms with Crippen LogP contribution in [0.4, 0.5) is 0 Å². The highest BCUT2D eigenvalue weighted by molar-refractivity contribution is 14.1. The molecule has 0 amide bonds. The van der Waals surface area contributed by atoms with E-state index in [0.717, 1.165) is 0 Å². The molecule has 0 aromatic carbocycles. The van der Waals surface area contributed by atoms with Gasteiger partial charge >= 0.3 is 0 Å². The van der Waals surface area contributed by atoms with Crippen LogP contribution in [0.3, 0.4) is 0 Å². The first-order valence-electron chi connectivity index (χ1n) is 3.13. The second-order valence-corrected chi connectivity index (χ2v) is 3.71. The summed E-state index contributed by atoms with van der Waals surface area (Å²) in [5, 5.41) is 36.3. The molecule has 0 saturated carbocycles. The lowest BCUT2D eigenvalue weighted by atomic mass is 9.96. The number of rotatable bonds is 0. The third-order valence-corrected chi connectivity index (χ3v) is 2.63. The predicted molar refractivity (Wildman–Crippen MR) is 46.1 cm³/mol. The molecule has 11 heavy (non-hydrogen) atoms. The Balaban J connectivity index is 2.83. The van der Waals surface area contributed by atoms with Crippen molar-refractivity contribution in [3.63, 3.8) is 0 Å². The molecule has 0 fully saturated rings. The molecule has 0 aromatic rings. The van der Waals surface area contributed by atoms with E-state index in [1.807, 2.05) is 0 Å². The van der Waals surface area contributed by atoms with Crippen LogP contribution in [0.15, 0.2) is 9.66 Å². The Morgan fingerprint density at radius 3 is 2.18 bits per heavy atom. The third kappa shape index (κ3) is 1.73. The van der Waals surface area contributed by atoms with Crippen LogP contribution < -0.4 is 0 Å². The Morgan fingerprint density at radius 1 is 1.09 bits per heavy atom. The molecule has 4 atom stereocenters. The average Bonchev–Trinajstić information content (AvgIpc) is 1.97. The van der Waals surface area contributed by atoms with Gasteiger partial charge in [-0.1, -0.05) is 0 Å². The SMILES string of the molecule is O[C@H]1[C@H](O)[C@H](O)C(I)=C[C@H]1O. The van der Waals surface area contributed by atoms with Gasteiger partial charge in [0.2, 0.25) is 0 Å². The van der Waals surface area contributed by atoms with E-state index in [9.17, 15) is 0 Å². The van der Waals surface area contributed by atoms with Crippen LogP contribution in [-0.2, 0) is 0 Å². The van der Waals surface area contributed by atoms with Gasteiger partial charge in [0.05, 0.1) is 0 Å². The van der Waals surface area contributed by atoms with Crippen LogP contribution in [0.25, 0.3) is 0 Å². The van der Waals surface area contributed by atoms with Gasteiger partial charge in [-0.2, -0.15) is 0 Å². The summed E-state index contributed by atoms with van der Waals surface area (Å²) in [6, 6.07) is 0. The molecule has 4 nitrogen and oxygen atoms in total. The van der Waals surface area contributed by atoms with Crippen molar-refractivity contribution < 1.29 is 20.4 Å². The molecule has 0 spiro atoms. The van der Waals surface area contributed by atoms with E-state index in [1.165, 1.54) is 6.08 Å². The number of halogens is 1. The maximum atomic E-state index is 9.14. The van der Waals surface area contributed by atoms with Crippen molar-refractivity contribution >= 4 is 22.6 Å². The standard InChI is InChI=1S/C6H9IO4/c7-2-1-3(8)5(10)6(11)4(2)9/h1,3-6,8-11H/t3-,4-,5-,6-/m1/s1. The Morgan fingerprint density at radius 2 is 1.64 bits per heavy atom. The topological polar surface area (TPSA) is 80.9 Å². The van der Waals surface area contributed by atoms with Gasteiger partial charge in [-0.3, -0.25) is 0 Å². The quantitative estimate of drug-likeness (QED) is 0.416. The van der Waals surface area contributed by atoms with Crippen molar-refractivity contribution in [2.75, 3.05) is 0 Å². The number of aliphatic hydroxyl groups is 4. The summed E-state index contributed by atoms with van der Waals surface area (Å²) >= 11 is 1.80. The molecule has 1 rings (SSSR count). The van der Waals surface area contributed by atoms with Crippen molar-refractivity contribution in [3.8, 4) is 0 Å². The van der Waals surface area contributed by atoms with E-state index in [1.54, 1.807) is 22.6 Å². The summed E-state index contributed by atoms with van der Waals surface area (Å²) in [7, 11) is 0. The van der Waals surface area contributed by atoms with Crippen molar-refractivity contribution in [2.45, 2.75) is 24.4 Å². The van der Waals surface area contributed by atoms with Gasteiger partial charge in [0.1, 0.15) is 24.4 Å². The van der Waals surface area contributed by atoms with Gasteiger partial charge in [0, 0.05) is 3.58 Å². The molecule has 0 radical (unpaired) electrons. The average molecular weight is 272 g/mol. The third-order valence-electron chi connectivity index (χ3n) is 1.64. The molecule has 0 unspecified atom stereocenters. The van der Waals surface area contributed by atoms with Gasteiger partial charge in [0.25, 0.3) is 0 Å². The van der Waals surface area contributed by atoms with Gasteiger partial charge in [-0.15, -0.1) is 0 Å². The van der Waals surface area contributed by atoms with E-state index >= 15 is 0 Å². The number of aliphatic hydroxyl groups excluding tert-OH is 4. The zero-order valence-electron chi connectivity index (χ0n) is 5.55.